The highest BCUT2D eigenvalue weighted by Crippen LogP contribution is 2.25. The molecule has 0 radical (unpaired) electrons. The quantitative estimate of drug-likeness (QED) is 0.880. The topological polar surface area (TPSA) is 65.3 Å². The van der Waals surface area contributed by atoms with Gasteiger partial charge in [0.05, 0.1) is 13.2 Å². The molecule has 2 atom stereocenters. The molecule has 2 aromatic heterocycles. The Kier molecular flexibility index (Phi) is 3.35. The Morgan fingerprint density at radius 1 is 1.47 bits per heavy atom. The normalized spacial score (nSPS) is 24.1. The maximum absolute atomic E-state index is 13.3. The molecule has 1 saturated heterocycles. The van der Waals surface area contributed by atoms with Gasteiger partial charge in [-0.15, -0.1) is 0 Å². The third-order valence-electron chi connectivity index (χ3n) is 3.47. The van der Waals surface area contributed by atoms with Gasteiger partial charge in [0.1, 0.15) is 17.6 Å². The van der Waals surface area contributed by atoms with Crippen molar-refractivity contribution in [3.63, 3.8) is 0 Å². The standard InChI is InChI=1S/C13H16FN3O2/c14-9-5-10(8-18)17(6-9)7-11-1-2-13(19-11)12-3-4-15-16-12/h1-4,9-10,18H,5-8H2,(H,15,16)/t9-,10-/m0/s1. The molecule has 0 aromatic carbocycles. The second-order valence-corrected chi connectivity index (χ2v) is 4.84. The second kappa shape index (κ2) is 5.14. The Labute approximate surface area is 110 Å². The number of aromatic amines is 1. The van der Waals surface area contributed by atoms with Crippen molar-refractivity contribution >= 4 is 0 Å². The van der Waals surface area contributed by atoms with Gasteiger partial charge < -0.3 is 9.52 Å². The maximum atomic E-state index is 13.3. The minimum Gasteiger partial charge on any atom is -0.458 e. The first-order valence-electron chi connectivity index (χ1n) is 6.33. The van der Waals surface area contributed by atoms with Crippen molar-refractivity contribution in [3.8, 4) is 11.5 Å². The third kappa shape index (κ3) is 2.54. The molecule has 0 amide bonds. The number of H-pyrrole nitrogens is 1. The summed E-state index contributed by atoms with van der Waals surface area (Å²) in [4.78, 5) is 1.92. The van der Waals surface area contributed by atoms with E-state index in [1.54, 1.807) is 6.20 Å². The van der Waals surface area contributed by atoms with Crippen LogP contribution in [0.25, 0.3) is 11.5 Å². The zero-order valence-corrected chi connectivity index (χ0v) is 10.4. The minimum atomic E-state index is -0.862. The lowest BCUT2D eigenvalue weighted by Gasteiger charge is -2.20. The van der Waals surface area contributed by atoms with Crippen molar-refractivity contribution in [1.29, 1.82) is 0 Å². The lowest BCUT2D eigenvalue weighted by molar-refractivity contribution is 0.146. The first-order chi connectivity index (χ1) is 9.26. The molecule has 0 bridgehead atoms. The van der Waals surface area contributed by atoms with Crippen LogP contribution < -0.4 is 0 Å². The Morgan fingerprint density at radius 3 is 3.11 bits per heavy atom. The van der Waals surface area contributed by atoms with Crippen molar-refractivity contribution < 1.29 is 13.9 Å². The van der Waals surface area contributed by atoms with Crippen molar-refractivity contribution in [3.05, 3.63) is 30.2 Å². The highest BCUT2D eigenvalue weighted by atomic mass is 19.1. The van der Waals surface area contributed by atoms with Gasteiger partial charge in [-0.05, 0) is 24.6 Å². The summed E-state index contributed by atoms with van der Waals surface area (Å²) in [5, 5.41) is 15.9. The van der Waals surface area contributed by atoms with Gasteiger partial charge in [-0.3, -0.25) is 10.00 Å². The fourth-order valence-corrected chi connectivity index (χ4v) is 2.51. The van der Waals surface area contributed by atoms with Crippen LogP contribution >= 0.6 is 0 Å². The summed E-state index contributed by atoms with van der Waals surface area (Å²) in [6.07, 6.45) is 1.19. The van der Waals surface area contributed by atoms with Crippen LogP contribution in [0.15, 0.2) is 28.8 Å². The van der Waals surface area contributed by atoms with E-state index in [2.05, 4.69) is 10.2 Å². The third-order valence-corrected chi connectivity index (χ3v) is 3.47. The van der Waals surface area contributed by atoms with E-state index in [-0.39, 0.29) is 12.6 Å². The van der Waals surface area contributed by atoms with E-state index in [0.29, 0.717) is 25.3 Å². The van der Waals surface area contributed by atoms with E-state index in [0.717, 1.165) is 11.5 Å². The summed E-state index contributed by atoms with van der Waals surface area (Å²) < 4.78 is 19.0. The van der Waals surface area contributed by atoms with Crippen LogP contribution in [-0.4, -0.2) is 45.6 Å². The van der Waals surface area contributed by atoms with Gasteiger partial charge in [0.2, 0.25) is 0 Å². The van der Waals surface area contributed by atoms with E-state index < -0.39 is 6.17 Å². The van der Waals surface area contributed by atoms with Crippen LogP contribution in [0.2, 0.25) is 0 Å². The molecular formula is C13H16FN3O2. The van der Waals surface area contributed by atoms with Gasteiger partial charge in [0.25, 0.3) is 0 Å². The van der Waals surface area contributed by atoms with Crippen molar-refractivity contribution in [2.24, 2.45) is 0 Å². The molecule has 0 unspecified atom stereocenters. The lowest BCUT2D eigenvalue weighted by Crippen LogP contribution is -2.31. The number of aromatic nitrogens is 2. The fourth-order valence-electron chi connectivity index (χ4n) is 2.51. The summed E-state index contributed by atoms with van der Waals surface area (Å²) in [7, 11) is 0. The number of likely N-dealkylation sites (tertiary alicyclic amines) is 1. The molecule has 19 heavy (non-hydrogen) atoms. The molecule has 2 N–H and O–H groups in total. The van der Waals surface area contributed by atoms with E-state index in [1.165, 1.54) is 0 Å². The Hall–Kier alpha value is -1.66. The highest BCUT2D eigenvalue weighted by Gasteiger charge is 2.31. The van der Waals surface area contributed by atoms with Crippen molar-refractivity contribution in [1.82, 2.24) is 15.1 Å². The molecule has 2 aromatic rings. The van der Waals surface area contributed by atoms with E-state index >= 15 is 0 Å². The molecule has 3 rings (SSSR count). The van der Waals surface area contributed by atoms with Crippen LogP contribution in [0.4, 0.5) is 4.39 Å². The van der Waals surface area contributed by atoms with Crippen LogP contribution in [0.5, 0.6) is 0 Å². The molecule has 5 nitrogen and oxygen atoms in total. The molecule has 0 saturated carbocycles. The average molecular weight is 265 g/mol. The summed E-state index contributed by atoms with van der Waals surface area (Å²) in [6, 6.07) is 5.44. The summed E-state index contributed by atoms with van der Waals surface area (Å²) >= 11 is 0. The zero-order chi connectivity index (χ0) is 13.2. The SMILES string of the molecule is OC[C@@H]1C[C@H](F)CN1Cc1ccc(-c2ccn[nH]2)o1. The number of nitrogens with one attached hydrogen (secondary N) is 1. The Morgan fingerprint density at radius 2 is 2.37 bits per heavy atom. The minimum absolute atomic E-state index is 0.0193. The number of nitrogens with zero attached hydrogens (tertiary/aromatic N) is 2. The number of alkyl halides is 1. The molecule has 1 aliphatic heterocycles. The van der Waals surface area contributed by atoms with E-state index in [4.69, 9.17) is 4.42 Å². The maximum Gasteiger partial charge on any atom is 0.152 e. The number of hydrogen-bond acceptors (Lipinski definition) is 4. The van der Waals surface area contributed by atoms with Gasteiger partial charge in [0.15, 0.2) is 5.76 Å². The van der Waals surface area contributed by atoms with E-state index in [9.17, 15) is 9.50 Å². The highest BCUT2D eigenvalue weighted by molar-refractivity contribution is 5.51. The first kappa shape index (κ1) is 12.4. The predicted molar refractivity (Wildman–Crippen MR) is 67.1 cm³/mol. The van der Waals surface area contributed by atoms with Crippen LogP contribution in [0, 0.1) is 0 Å². The largest absolute Gasteiger partial charge is 0.458 e. The summed E-state index contributed by atoms with van der Waals surface area (Å²) in [6.45, 7) is 0.847. The van der Waals surface area contributed by atoms with Crippen molar-refractivity contribution in [2.45, 2.75) is 25.2 Å². The van der Waals surface area contributed by atoms with Gasteiger partial charge in [-0.2, -0.15) is 5.10 Å². The van der Waals surface area contributed by atoms with Crippen LogP contribution in [0.1, 0.15) is 12.2 Å². The smallest absolute Gasteiger partial charge is 0.152 e. The number of halogens is 1. The zero-order valence-electron chi connectivity index (χ0n) is 10.4. The van der Waals surface area contributed by atoms with Crippen molar-refractivity contribution in [2.75, 3.05) is 13.2 Å². The summed E-state index contributed by atoms with van der Waals surface area (Å²) in [5.74, 6) is 1.47. The van der Waals surface area contributed by atoms with Gasteiger partial charge >= 0.3 is 0 Å². The molecular weight excluding hydrogens is 249 g/mol. The van der Waals surface area contributed by atoms with Gasteiger partial charge in [-0.25, -0.2) is 4.39 Å². The number of rotatable bonds is 4. The molecule has 0 spiro atoms. The number of aliphatic hydroxyl groups is 1. The number of aliphatic hydroxyl groups excluding tert-OH is 1. The molecule has 102 valence electrons. The van der Waals surface area contributed by atoms with E-state index in [1.807, 2.05) is 23.1 Å². The predicted octanol–water partition coefficient (Wildman–Crippen LogP) is 1.57. The molecule has 1 fully saturated rings. The van der Waals surface area contributed by atoms with Crippen LogP contribution in [0.3, 0.4) is 0 Å². The van der Waals surface area contributed by atoms with Gasteiger partial charge in [0, 0.05) is 18.8 Å². The fraction of sp³-hybridized carbons (Fsp3) is 0.462. The second-order valence-electron chi connectivity index (χ2n) is 4.84. The first-order valence-corrected chi connectivity index (χ1v) is 6.33. The summed E-state index contributed by atoms with van der Waals surface area (Å²) in [5.41, 5.74) is 0.815. The Bertz CT molecular complexity index is 526. The molecule has 6 heteroatoms. The number of hydrogen-bond donors (Lipinski definition) is 2. The molecule has 1 aliphatic rings. The number of furan rings is 1. The van der Waals surface area contributed by atoms with Crippen LogP contribution in [-0.2, 0) is 6.54 Å². The van der Waals surface area contributed by atoms with Gasteiger partial charge in [-0.1, -0.05) is 0 Å². The molecule has 0 aliphatic carbocycles. The lowest BCUT2D eigenvalue weighted by atomic mass is 10.2. The Balaban J connectivity index is 1.70. The molecule has 3 heterocycles. The average Bonchev–Trinajstić information content (AvgIpc) is 3.09. The monoisotopic (exact) mass is 265 g/mol.